The number of benzene rings is 2. The van der Waals surface area contributed by atoms with Gasteiger partial charge in [0.15, 0.2) is 11.5 Å². The highest BCUT2D eigenvalue weighted by Crippen LogP contribution is 2.30. The molecule has 0 radical (unpaired) electrons. The predicted octanol–water partition coefficient (Wildman–Crippen LogP) is 2.60. The zero-order chi connectivity index (χ0) is 21.0. The number of sulfonamides is 1. The van der Waals surface area contributed by atoms with Crippen LogP contribution in [0.1, 0.15) is 35.2 Å². The molecule has 7 nitrogen and oxygen atoms in total. The third-order valence-corrected chi connectivity index (χ3v) is 7.25. The van der Waals surface area contributed by atoms with E-state index in [2.05, 4.69) is 5.32 Å². The molecule has 4 rings (SSSR count). The average molecular weight is 431 g/mol. The van der Waals surface area contributed by atoms with Crippen molar-refractivity contribution in [1.82, 2.24) is 9.62 Å². The lowest BCUT2D eigenvalue weighted by atomic mass is 10.1. The second kappa shape index (κ2) is 9.06. The van der Waals surface area contributed by atoms with Crippen molar-refractivity contribution in [2.75, 3.05) is 32.8 Å². The standard InChI is InChI=1S/C22H26N2O5S/c25-22(23-10-9-17-7-8-20-21(15-17)29-14-13-28-20)18-5-4-6-19(16-18)30(26,27)24-11-2-1-3-12-24/h4-8,15-16H,1-3,9-14H2,(H,23,25). The maximum Gasteiger partial charge on any atom is 0.251 e. The summed E-state index contributed by atoms with van der Waals surface area (Å²) >= 11 is 0. The zero-order valence-electron chi connectivity index (χ0n) is 16.8. The molecule has 0 saturated carbocycles. The molecule has 2 aromatic rings. The molecular weight excluding hydrogens is 404 g/mol. The van der Waals surface area contributed by atoms with Crippen molar-refractivity contribution in [2.45, 2.75) is 30.6 Å². The van der Waals surface area contributed by atoms with Crippen LogP contribution >= 0.6 is 0 Å². The number of rotatable bonds is 6. The number of nitrogens with one attached hydrogen (secondary N) is 1. The Bertz CT molecular complexity index is 1020. The molecule has 0 aliphatic carbocycles. The van der Waals surface area contributed by atoms with Crippen LogP contribution in [-0.4, -0.2) is 51.5 Å². The third kappa shape index (κ3) is 4.60. The maximum atomic E-state index is 12.9. The number of hydrogen-bond donors (Lipinski definition) is 1. The molecule has 1 fully saturated rings. The Morgan fingerprint density at radius 1 is 0.967 bits per heavy atom. The van der Waals surface area contributed by atoms with Crippen LogP contribution in [0.5, 0.6) is 11.5 Å². The zero-order valence-corrected chi connectivity index (χ0v) is 17.6. The topological polar surface area (TPSA) is 84.9 Å². The first kappa shape index (κ1) is 20.7. The van der Waals surface area contributed by atoms with E-state index in [1.165, 1.54) is 10.4 Å². The van der Waals surface area contributed by atoms with Crippen molar-refractivity contribution in [3.63, 3.8) is 0 Å². The average Bonchev–Trinajstić information content (AvgIpc) is 2.79. The highest BCUT2D eigenvalue weighted by atomic mass is 32.2. The van der Waals surface area contributed by atoms with Crippen molar-refractivity contribution >= 4 is 15.9 Å². The number of piperidine rings is 1. The molecule has 30 heavy (non-hydrogen) atoms. The fourth-order valence-corrected chi connectivity index (χ4v) is 5.28. The quantitative estimate of drug-likeness (QED) is 0.762. The Labute approximate surface area is 177 Å². The molecule has 0 aromatic heterocycles. The monoisotopic (exact) mass is 430 g/mol. The van der Waals surface area contributed by atoms with Crippen molar-refractivity contribution in [2.24, 2.45) is 0 Å². The van der Waals surface area contributed by atoms with Gasteiger partial charge < -0.3 is 14.8 Å². The van der Waals surface area contributed by atoms with E-state index < -0.39 is 10.0 Å². The summed E-state index contributed by atoms with van der Waals surface area (Å²) in [6.45, 7) is 2.59. The van der Waals surface area contributed by atoms with E-state index in [0.29, 0.717) is 44.8 Å². The summed E-state index contributed by atoms with van der Waals surface area (Å²) in [7, 11) is -3.56. The van der Waals surface area contributed by atoms with Gasteiger partial charge in [0.1, 0.15) is 13.2 Å². The van der Waals surface area contributed by atoms with Gasteiger partial charge in [-0.3, -0.25) is 4.79 Å². The van der Waals surface area contributed by atoms with Crippen molar-refractivity contribution in [3.05, 3.63) is 53.6 Å². The second-order valence-corrected chi connectivity index (χ2v) is 9.41. The van der Waals surface area contributed by atoms with E-state index >= 15 is 0 Å². The molecule has 8 heteroatoms. The minimum absolute atomic E-state index is 0.170. The van der Waals surface area contributed by atoms with Gasteiger partial charge in [-0.15, -0.1) is 0 Å². The Balaban J connectivity index is 1.37. The van der Waals surface area contributed by atoms with Crippen LogP contribution in [0.15, 0.2) is 47.4 Å². The molecule has 1 saturated heterocycles. The van der Waals surface area contributed by atoms with Gasteiger partial charge in [0.25, 0.3) is 5.91 Å². The lowest BCUT2D eigenvalue weighted by molar-refractivity contribution is 0.0954. The summed E-state index contributed by atoms with van der Waals surface area (Å²) in [4.78, 5) is 12.7. The largest absolute Gasteiger partial charge is 0.486 e. The van der Waals surface area contributed by atoms with E-state index in [-0.39, 0.29) is 10.8 Å². The van der Waals surface area contributed by atoms with Crippen LogP contribution < -0.4 is 14.8 Å². The van der Waals surface area contributed by atoms with E-state index in [4.69, 9.17) is 9.47 Å². The highest BCUT2D eigenvalue weighted by Gasteiger charge is 2.26. The summed E-state index contributed by atoms with van der Waals surface area (Å²) in [5, 5.41) is 2.87. The maximum absolute atomic E-state index is 12.9. The van der Waals surface area contributed by atoms with Crippen LogP contribution in [0.3, 0.4) is 0 Å². The smallest absolute Gasteiger partial charge is 0.251 e. The van der Waals surface area contributed by atoms with Crippen LogP contribution in [0.4, 0.5) is 0 Å². The molecule has 2 heterocycles. The SMILES string of the molecule is O=C(NCCc1ccc2c(c1)OCCO2)c1cccc(S(=O)(=O)N2CCCCC2)c1. The summed E-state index contributed by atoms with van der Waals surface area (Å²) in [5.41, 5.74) is 1.37. The van der Waals surface area contributed by atoms with E-state index in [9.17, 15) is 13.2 Å². The lowest BCUT2D eigenvalue weighted by Gasteiger charge is -2.26. The number of ether oxygens (including phenoxy) is 2. The van der Waals surface area contributed by atoms with Gasteiger partial charge in [-0.2, -0.15) is 4.31 Å². The molecule has 2 aromatic carbocycles. The number of carbonyl (C=O) groups is 1. The summed E-state index contributed by atoms with van der Waals surface area (Å²) in [5.74, 6) is 1.17. The minimum Gasteiger partial charge on any atom is -0.486 e. The van der Waals surface area contributed by atoms with Crippen LogP contribution in [0.25, 0.3) is 0 Å². The number of fused-ring (bicyclic) bond motifs is 1. The van der Waals surface area contributed by atoms with E-state index in [1.807, 2.05) is 18.2 Å². The Hall–Kier alpha value is -2.58. The number of carbonyl (C=O) groups excluding carboxylic acids is 1. The molecule has 2 aliphatic rings. The normalized spacial score (nSPS) is 16.8. The number of nitrogens with zero attached hydrogens (tertiary/aromatic N) is 1. The van der Waals surface area contributed by atoms with E-state index in [0.717, 1.165) is 36.3 Å². The molecule has 0 bridgehead atoms. The molecular formula is C22H26N2O5S. The van der Waals surface area contributed by atoms with Crippen LogP contribution in [0.2, 0.25) is 0 Å². The summed E-state index contributed by atoms with van der Waals surface area (Å²) < 4.78 is 38.3. The fourth-order valence-electron chi connectivity index (χ4n) is 3.72. The van der Waals surface area contributed by atoms with E-state index in [1.54, 1.807) is 18.2 Å². The molecule has 1 amide bonds. The van der Waals surface area contributed by atoms with Crippen molar-refractivity contribution in [3.8, 4) is 11.5 Å². The van der Waals surface area contributed by atoms with Gasteiger partial charge in [-0.05, 0) is 55.2 Å². The fraction of sp³-hybridized carbons (Fsp3) is 0.409. The third-order valence-electron chi connectivity index (χ3n) is 5.35. The summed E-state index contributed by atoms with van der Waals surface area (Å²) in [6, 6.07) is 12.0. The number of amides is 1. The van der Waals surface area contributed by atoms with Gasteiger partial charge >= 0.3 is 0 Å². The first-order valence-corrected chi connectivity index (χ1v) is 11.7. The second-order valence-electron chi connectivity index (χ2n) is 7.48. The van der Waals surface area contributed by atoms with Gasteiger partial charge in [0.05, 0.1) is 4.90 Å². The van der Waals surface area contributed by atoms with Gasteiger partial charge in [-0.25, -0.2) is 8.42 Å². The minimum atomic E-state index is -3.56. The predicted molar refractivity (Wildman–Crippen MR) is 113 cm³/mol. The Morgan fingerprint density at radius 2 is 1.73 bits per heavy atom. The van der Waals surface area contributed by atoms with Gasteiger partial charge in [-0.1, -0.05) is 18.6 Å². The van der Waals surface area contributed by atoms with Gasteiger partial charge in [0, 0.05) is 25.2 Å². The molecule has 2 aliphatic heterocycles. The van der Waals surface area contributed by atoms with Crippen LogP contribution in [0, 0.1) is 0 Å². The Morgan fingerprint density at radius 3 is 2.53 bits per heavy atom. The molecule has 0 atom stereocenters. The first-order chi connectivity index (χ1) is 14.5. The molecule has 160 valence electrons. The highest BCUT2D eigenvalue weighted by molar-refractivity contribution is 7.89. The van der Waals surface area contributed by atoms with Crippen LogP contribution in [-0.2, 0) is 16.4 Å². The van der Waals surface area contributed by atoms with Crippen molar-refractivity contribution in [1.29, 1.82) is 0 Å². The summed E-state index contributed by atoms with van der Waals surface area (Å²) in [6.07, 6.45) is 3.44. The molecule has 1 N–H and O–H groups in total. The molecule has 0 spiro atoms. The Kier molecular flexibility index (Phi) is 6.24. The van der Waals surface area contributed by atoms with Crippen molar-refractivity contribution < 1.29 is 22.7 Å². The van der Waals surface area contributed by atoms with Gasteiger partial charge in [0.2, 0.25) is 10.0 Å². The number of hydrogen-bond acceptors (Lipinski definition) is 5. The first-order valence-electron chi connectivity index (χ1n) is 10.3. The molecule has 0 unspecified atom stereocenters. The lowest BCUT2D eigenvalue weighted by Crippen LogP contribution is -2.35.